The van der Waals surface area contributed by atoms with Crippen LogP contribution in [0.1, 0.15) is 37.6 Å². The molecule has 2 rings (SSSR count). The van der Waals surface area contributed by atoms with Crippen LogP contribution in [0.4, 0.5) is 0 Å². The monoisotopic (exact) mass is 280 g/mol. The normalized spacial score (nSPS) is 24.1. The van der Waals surface area contributed by atoms with Crippen LogP contribution in [0.2, 0.25) is 0 Å². The van der Waals surface area contributed by atoms with Crippen molar-refractivity contribution in [1.29, 1.82) is 0 Å². The molecule has 6 nitrogen and oxygen atoms in total. The van der Waals surface area contributed by atoms with Crippen molar-refractivity contribution >= 4 is 12.2 Å². The summed E-state index contributed by atoms with van der Waals surface area (Å²) in [4.78, 5) is 25.2. The summed E-state index contributed by atoms with van der Waals surface area (Å²) in [7, 11) is 0. The van der Waals surface area contributed by atoms with Crippen LogP contribution in [0.5, 0.6) is 0 Å². The number of hydrogen-bond donors (Lipinski definition) is 1. The summed E-state index contributed by atoms with van der Waals surface area (Å²) < 4.78 is 5.22. The number of carbonyl (C=O) groups excluding carboxylic acids is 2. The minimum atomic E-state index is -0.640. The molecule has 0 bridgehead atoms. The highest BCUT2D eigenvalue weighted by Gasteiger charge is 2.39. The second-order valence-corrected chi connectivity index (χ2v) is 5.68. The topological polar surface area (TPSA) is 83.6 Å². The Bertz CT molecular complexity index is 497. The van der Waals surface area contributed by atoms with Gasteiger partial charge in [0.2, 0.25) is 5.91 Å². The van der Waals surface area contributed by atoms with Crippen molar-refractivity contribution in [1.82, 2.24) is 10.1 Å². The van der Waals surface area contributed by atoms with E-state index in [0.717, 1.165) is 6.29 Å². The Morgan fingerprint density at radius 2 is 2.30 bits per heavy atom. The standard InChI is InChI=1S/C14H20N2O4/c1-8(2)13(12-4-9(3)15-20-12)14(19)16-6-11(18)5-10(16)7-17/h4,7-8,10-11,13,18H,5-6H2,1-3H3/t10-,11+,13?/m0/s1. The first-order valence-corrected chi connectivity index (χ1v) is 6.81. The molecule has 110 valence electrons. The summed E-state index contributed by atoms with van der Waals surface area (Å²) >= 11 is 0. The predicted octanol–water partition coefficient (Wildman–Crippen LogP) is 0.883. The molecule has 1 N–H and O–H groups in total. The van der Waals surface area contributed by atoms with E-state index in [0.29, 0.717) is 17.9 Å². The van der Waals surface area contributed by atoms with Crippen molar-refractivity contribution in [3.63, 3.8) is 0 Å². The van der Waals surface area contributed by atoms with E-state index in [-0.39, 0.29) is 18.4 Å². The Kier molecular flexibility index (Phi) is 4.23. The van der Waals surface area contributed by atoms with Crippen LogP contribution in [0, 0.1) is 12.8 Å². The third-order valence-corrected chi connectivity index (χ3v) is 3.65. The van der Waals surface area contributed by atoms with E-state index in [1.165, 1.54) is 4.90 Å². The van der Waals surface area contributed by atoms with Gasteiger partial charge in [-0.1, -0.05) is 19.0 Å². The number of aryl methyl sites for hydroxylation is 1. The Balaban J connectivity index is 2.26. The van der Waals surface area contributed by atoms with Crippen molar-refractivity contribution in [2.45, 2.75) is 45.3 Å². The van der Waals surface area contributed by atoms with Crippen molar-refractivity contribution in [3.05, 3.63) is 17.5 Å². The molecule has 1 aliphatic heterocycles. The molecule has 20 heavy (non-hydrogen) atoms. The lowest BCUT2D eigenvalue weighted by molar-refractivity contribution is -0.137. The second-order valence-electron chi connectivity index (χ2n) is 5.68. The molecule has 1 aromatic rings. The number of hydrogen-bond acceptors (Lipinski definition) is 5. The quantitative estimate of drug-likeness (QED) is 0.828. The minimum absolute atomic E-state index is 0.0138. The molecule has 0 radical (unpaired) electrons. The number of aldehydes is 1. The summed E-state index contributed by atoms with van der Waals surface area (Å²) in [6.45, 7) is 5.83. The zero-order valence-corrected chi connectivity index (χ0v) is 11.9. The van der Waals surface area contributed by atoms with E-state index in [4.69, 9.17) is 4.52 Å². The van der Waals surface area contributed by atoms with E-state index in [1.54, 1.807) is 13.0 Å². The highest BCUT2D eigenvalue weighted by atomic mass is 16.5. The lowest BCUT2D eigenvalue weighted by atomic mass is 9.91. The second kappa shape index (κ2) is 5.75. The van der Waals surface area contributed by atoms with Crippen LogP contribution in [-0.2, 0) is 9.59 Å². The Morgan fingerprint density at radius 3 is 2.80 bits per heavy atom. The number of likely N-dealkylation sites (tertiary alicyclic amines) is 1. The van der Waals surface area contributed by atoms with Crippen LogP contribution in [0.15, 0.2) is 10.6 Å². The van der Waals surface area contributed by atoms with Gasteiger partial charge in [-0.05, 0) is 12.8 Å². The first kappa shape index (κ1) is 14.7. The van der Waals surface area contributed by atoms with E-state index >= 15 is 0 Å². The molecule has 6 heteroatoms. The fraction of sp³-hybridized carbons (Fsp3) is 0.643. The Morgan fingerprint density at radius 1 is 1.60 bits per heavy atom. The van der Waals surface area contributed by atoms with Gasteiger partial charge in [-0.15, -0.1) is 0 Å². The molecule has 1 unspecified atom stereocenters. The lowest BCUT2D eigenvalue weighted by Gasteiger charge is -2.26. The number of aromatic nitrogens is 1. The Hall–Kier alpha value is -1.69. The van der Waals surface area contributed by atoms with Gasteiger partial charge in [-0.2, -0.15) is 0 Å². The molecule has 0 spiro atoms. The molecule has 1 saturated heterocycles. The van der Waals surface area contributed by atoms with Gasteiger partial charge in [-0.3, -0.25) is 4.79 Å². The largest absolute Gasteiger partial charge is 0.391 e. The van der Waals surface area contributed by atoms with Gasteiger partial charge in [0.1, 0.15) is 18.0 Å². The summed E-state index contributed by atoms with van der Waals surface area (Å²) in [6, 6.07) is 1.19. The number of aliphatic hydroxyl groups excluding tert-OH is 1. The maximum Gasteiger partial charge on any atom is 0.234 e. The van der Waals surface area contributed by atoms with Crippen LogP contribution >= 0.6 is 0 Å². The molecule has 3 atom stereocenters. The molecule has 1 amide bonds. The summed E-state index contributed by atoms with van der Waals surface area (Å²) in [6.07, 6.45) is 0.380. The SMILES string of the molecule is Cc1cc(C(C(=O)N2C[C@H](O)C[C@H]2C=O)C(C)C)on1. The number of β-amino-alcohol motifs (C(OH)–C–C–N with tert-alkyl or cyclic N) is 1. The van der Waals surface area contributed by atoms with Gasteiger partial charge in [0.15, 0.2) is 0 Å². The van der Waals surface area contributed by atoms with E-state index in [9.17, 15) is 14.7 Å². The first-order chi connectivity index (χ1) is 9.43. The molecule has 2 heterocycles. The summed E-state index contributed by atoms with van der Waals surface area (Å²) in [5.41, 5.74) is 0.715. The highest BCUT2D eigenvalue weighted by Crippen LogP contribution is 2.30. The zero-order chi connectivity index (χ0) is 14.9. The molecule has 0 saturated carbocycles. The third-order valence-electron chi connectivity index (χ3n) is 3.65. The zero-order valence-electron chi connectivity index (χ0n) is 11.9. The van der Waals surface area contributed by atoms with E-state index in [2.05, 4.69) is 5.16 Å². The minimum Gasteiger partial charge on any atom is -0.391 e. The van der Waals surface area contributed by atoms with Gasteiger partial charge >= 0.3 is 0 Å². The van der Waals surface area contributed by atoms with Crippen molar-refractivity contribution in [2.75, 3.05) is 6.54 Å². The third kappa shape index (κ3) is 2.75. The van der Waals surface area contributed by atoms with Crippen molar-refractivity contribution in [2.24, 2.45) is 5.92 Å². The number of rotatable bonds is 4. The van der Waals surface area contributed by atoms with Gasteiger partial charge in [-0.25, -0.2) is 0 Å². The average molecular weight is 280 g/mol. The van der Waals surface area contributed by atoms with E-state index < -0.39 is 18.1 Å². The van der Waals surface area contributed by atoms with Crippen LogP contribution in [0.25, 0.3) is 0 Å². The molecule has 1 fully saturated rings. The number of nitrogens with zero attached hydrogens (tertiary/aromatic N) is 2. The van der Waals surface area contributed by atoms with Crippen LogP contribution in [0.3, 0.4) is 0 Å². The van der Waals surface area contributed by atoms with Crippen molar-refractivity contribution in [3.8, 4) is 0 Å². The average Bonchev–Trinajstić information content (AvgIpc) is 2.95. The summed E-state index contributed by atoms with van der Waals surface area (Å²) in [5.74, 6) is -0.151. The molecule has 1 aromatic heterocycles. The first-order valence-electron chi connectivity index (χ1n) is 6.81. The maximum atomic E-state index is 12.7. The fourth-order valence-electron chi connectivity index (χ4n) is 2.67. The summed E-state index contributed by atoms with van der Waals surface area (Å²) in [5, 5.41) is 13.5. The van der Waals surface area contributed by atoms with Gasteiger partial charge in [0, 0.05) is 19.0 Å². The highest BCUT2D eigenvalue weighted by molar-refractivity contribution is 5.86. The number of amides is 1. The van der Waals surface area contributed by atoms with Crippen LogP contribution < -0.4 is 0 Å². The fourth-order valence-corrected chi connectivity index (χ4v) is 2.67. The molecule has 1 aliphatic rings. The lowest BCUT2D eigenvalue weighted by Crippen LogP contribution is -2.41. The number of carbonyl (C=O) groups is 2. The van der Waals surface area contributed by atoms with Gasteiger partial charge in [0.25, 0.3) is 0 Å². The Labute approximate surface area is 117 Å². The molecule has 0 aliphatic carbocycles. The maximum absolute atomic E-state index is 12.7. The van der Waals surface area contributed by atoms with Gasteiger partial charge < -0.3 is 19.3 Å². The van der Waals surface area contributed by atoms with Gasteiger partial charge in [0.05, 0.1) is 17.8 Å². The predicted molar refractivity (Wildman–Crippen MR) is 71.0 cm³/mol. The van der Waals surface area contributed by atoms with Crippen molar-refractivity contribution < 1.29 is 19.2 Å². The van der Waals surface area contributed by atoms with E-state index in [1.807, 2.05) is 13.8 Å². The molecule has 0 aromatic carbocycles. The van der Waals surface area contributed by atoms with Crippen LogP contribution in [-0.4, -0.2) is 46.0 Å². The molecular formula is C14H20N2O4. The number of aliphatic hydroxyl groups is 1. The molecular weight excluding hydrogens is 260 g/mol. The smallest absolute Gasteiger partial charge is 0.234 e.